The molecule has 0 aromatic heterocycles. The van der Waals surface area contributed by atoms with Crippen LogP contribution < -0.4 is 10.1 Å². The van der Waals surface area contributed by atoms with Crippen molar-refractivity contribution in [3.05, 3.63) is 58.6 Å². The third-order valence-electron chi connectivity index (χ3n) is 3.50. The van der Waals surface area contributed by atoms with Crippen LogP contribution in [0.2, 0.25) is 5.02 Å². The summed E-state index contributed by atoms with van der Waals surface area (Å²) in [6, 6.07) is 12.1. The molecular formula is C19H20ClNO4. The van der Waals surface area contributed by atoms with Crippen LogP contribution in [0.3, 0.4) is 0 Å². The zero-order valence-corrected chi connectivity index (χ0v) is 15.1. The molecular weight excluding hydrogens is 342 g/mol. The second-order valence-corrected chi connectivity index (χ2v) is 5.84. The Morgan fingerprint density at radius 2 is 1.92 bits per heavy atom. The highest BCUT2D eigenvalue weighted by Crippen LogP contribution is 2.23. The number of benzene rings is 2. The number of ether oxygens (including phenoxy) is 2. The van der Waals surface area contributed by atoms with Gasteiger partial charge in [0.1, 0.15) is 5.75 Å². The van der Waals surface area contributed by atoms with Crippen LogP contribution in [0.4, 0.5) is 5.69 Å². The number of amides is 1. The van der Waals surface area contributed by atoms with Crippen molar-refractivity contribution in [3.8, 4) is 5.75 Å². The molecule has 0 aliphatic carbocycles. The zero-order valence-electron chi connectivity index (χ0n) is 14.3. The van der Waals surface area contributed by atoms with Gasteiger partial charge in [0.25, 0.3) is 5.91 Å². The average Bonchev–Trinajstić information content (AvgIpc) is 2.57. The Morgan fingerprint density at radius 3 is 2.56 bits per heavy atom. The molecule has 6 heteroatoms. The van der Waals surface area contributed by atoms with Crippen LogP contribution in [0, 0.1) is 6.92 Å². The largest absolute Gasteiger partial charge is 0.481 e. The van der Waals surface area contributed by atoms with Crippen molar-refractivity contribution in [2.24, 2.45) is 0 Å². The number of carbonyl (C=O) groups excluding carboxylic acids is 2. The quantitative estimate of drug-likeness (QED) is 0.782. The summed E-state index contributed by atoms with van der Waals surface area (Å²) in [6.45, 7) is 5.56. The number of anilines is 1. The van der Waals surface area contributed by atoms with Crippen LogP contribution in [0.5, 0.6) is 5.75 Å². The summed E-state index contributed by atoms with van der Waals surface area (Å²) in [7, 11) is 0. The maximum Gasteiger partial charge on any atom is 0.339 e. The van der Waals surface area contributed by atoms with E-state index in [-0.39, 0.29) is 23.1 Å². The van der Waals surface area contributed by atoms with Crippen LogP contribution >= 0.6 is 11.6 Å². The predicted octanol–water partition coefficient (Wildman–Crippen LogP) is 4.23. The highest BCUT2D eigenvalue weighted by Gasteiger charge is 2.17. The van der Waals surface area contributed by atoms with E-state index in [1.165, 1.54) is 12.1 Å². The minimum Gasteiger partial charge on any atom is -0.481 e. The fourth-order valence-corrected chi connectivity index (χ4v) is 2.40. The molecule has 2 aromatic rings. The molecule has 2 aromatic carbocycles. The van der Waals surface area contributed by atoms with Gasteiger partial charge in [-0.1, -0.05) is 29.8 Å². The van der Waals surface area contributed by atoms with Gasteiger partial charge in [-0.05, 0) is 50.6 Å². The molecule has 5 nitrogen and oxygen atoms in total. The molecule has 0 fully saturated rings. The Morgan fingerprint density at radius 1 is 1.20 bits per heavy atom. The van der Waals surface area contributed by atoms with Gasteiger partial charge in [0.2, 0.25) is 0 Å². The smallest absolute Gasteiger partial charge is 0.339 e. The SMILES string of the molecule is CCOC(=O)c1ccc(NC(=O)[C@H](C)Oc2ccccc2C)cc1Cl. The minimum atomic E-state index is -0.690. The lowest BCUT2D eigenvalue weighted by molar-refractivity contribution is -0.122. The number of hydrogen-bond donors (Lipinski definition) is 1. The fraction of sp³-hybridized carbons (Fsp3) is 0.263. The van der Waals surface area contributed by atoms with Gasteiger partial charge >= 0.3 is 5.97 Å². The van der Waals surface area contributed by atoms with Crippen molar-refractivity contribution in [1.82, 2.24) is 0 Å². The Balaban J connectivity index is 2.03. The molecule has 1 atom stereocenters. The third-order valence-corrected chi connectivity index (χ3v) is 3.81. The summed E-state index contributed by atoms with van der Waals surface area (Å²) in [6.07, 6.45) is -0.690. The number of rotatable bonds is 6. The zero-order chi connectivity index (χ0) is 18.4. The van der Waals surface area contributed by atoms with Gasteiger partial charge in [0.15, 0.2) is 6.10 Å². The number of esters is 1. The van der Waals surface area contributed by atoms with E-state index in [0.29, 0.717) is 11.4 Å². The maximum atomic E-state index is 12.3. The van der Waals surface area contributed by atoms with Crippen LogP contribution in [0.25, 0.3) is 0 Å². The summed E-state index contributed by atoms with van der Waals surface area (Å²) < 4.78 is 10.6. The van der Waals surface area contributed by atoms with Crippen molar-refractivity contribution < 1.29 is 19.1 Å². The van der Waals surface area contributed by atoms with Crippen LogP contribution in [-0.4, -0.2) is 24.6 Å². The molecule has 0 aliphatic heterocycles. The third kappa shape index (κ3) is 4.97. The first-order chi connectivity index (χ1) is 11.9. The Kier molecular flexibility index (Phi) is 6.42. The molecule has 0 bridgehead atoms. The van der Waals surface area contributed by atoms with Crippen LogP contribution in [0.15, 0.2) is 42.5 Å². The monoisotopic (exact) mass is 361 g/mol. The number of carbonyl (C=O) groups is 2. The van der Waals surface area contributed by atoms with Crippen LogP contribution in [-0.2, 0) is 9.53 Å². The summed E-state index contributed by atoms with van der Waals surface area (Å²) in [4.78, 5) is 24.0. The second-order valence-electron chi connectivity index (χ2n) is 5.43. The molecule has 1 N–H and O–H groups in total. The number of halogens is 1. The molecule has 0 spiro atoms. The highest BCUT2D eigenvalue weighted by molar-refractivity contribution is 6.34. The van der Waals surface area contributed by atoms with Gasteiger partial charge in [-0.2, -0.15) is 0 Å². The summed E-state index contributed by atoms with van der Waals surface area (Å²) in [5.74, 6) is -0.161. The van der Waals surface area contributed by atoms with Crippen molar-refractivity contribution in [1.29, 1.82) is 0 Å². The predicted molar refractivity (Wildman–Crippen MR) is 97.3 cm³/mol. The number of aryl methyl sites for hydroxylation is 1. The standard InChI is InChI=1S/C19H20ClNO4/c1-4-24-19(23)15-10-9-14(11-16(15)20)21-18(22)13(3)25-17-8-6-5-7-12(17)2/h5-11,13H,4H2,1-3H3,(H,21,22)/t13-/m0/s1. The first-order valence-corrected chi connectivity index (χ1v) is 8.30. The maximum absolute atomic E-state index is 12.3. The van der Waals surface area contributed by atoms with Gasteiger partial charge in [0, 0.05) is 5.69 Å². The molecule has 0 heterocycles. The average molecular weight is 362 g/mol. The van der Waals surface area contributed by atoms with E-state index in [1.54, 1.807) is 19.9 Å². The van der Waals surface area contributed by atoms with E-state index < -0.39 is 12.1 Å². The highest BCUT2D eigenvalue weighted by atomic mass is 35.5. The summed E-state index contributed by atoms with van der Waals surface area (Å²) in [5.41, 5.74) is 1.68. The van der Waals surface area contributed by atoms with Crippen molar-refractivity contribution in [3.63, 3.8) is 0 Å². The topological polar surface area (TPSA) is 64.6 Å². The molecule has 0 radical (unpaired) electrons. The van der Waals surface area contributed by atoms with Gasteiger partial charge < -0.3 is 14.8 Å². The lowest BCUT2D eigenvalue weighted by Gasteiger charge is -2.16. The van der Waals surface area contributed by atoms with Gasteiger partial charge in [-0.15, -0.1) is 0 Å². The minimum absolute atomic E-state index is 0.212. The Labute approximate surface area is 151 Å². The lowest BCUT2D eigenvalue weighted by atomic mass is 10.2. The van der Waals surface area contributed by atoms with Crippen molar-refractivity contribution in [2.45, 2.75) is 26.9 Å². The van der Waals surface area contributed by atoms with Crippen molar-refractivity contribution in [2.75, 3.05) is 11.9 Å². The molecule has 0 aliphatic rings. The molecule has 0 unspecified atom stereocenters. The number of para-hydroxylation sites is 1. The van der Waals surface area contributed by atoms with Gasteiger partial charge in [-0.3, -0.25) is 4.79 Å². The molecule has 1 amide bonds. The first-order valence-electron chi connectivity index (χ1n) is 7.92. The first kappa shape index (κ1) is 18.8. The van der Waals surface area contributed by atoms with Crippen LogP contribution in [0.1, 0.15) is 29.8 Å². The molecule has 2 rings (SSSR count). The summed E-state index contributed by atoms with van der Waals surface area (Å²) in [5, 5.41) is 2.93. The van der Waals surface area contributed by atoms with E-state index in [2.05, 4.69) is 5.32 Å². The molecule has 25 heavy (non-hydrogen) atoms. The van der Waals surface area contributed by atoms with Gasteiger partial charge in [0.05, 0.1) is 17.2 Å². The normalized spacial score (nSPS) is 11.5. The van der Waals surface area contributed by atoms with E-state index in [9.17, 15) is 9.59 Å². The Hall–Kier alpha value is -2.53. The Bertz CT molecular complexity index is 776. The number of hydrogen-bond acceptors (Lipinski definition) is 4. The number of nitrogens with one attached hydrogen (secondary N) is 1. The van der Waals surface area contributed by atoms with E-state index in [0.717, 1.165) is 5.56 Å². The molecule has 0 saturated carbocycles. The summed E-state index contributed by atoms with van der Waals surface area (Å²) >= 11 is 6.09. The molecule has 0 saturated heterocycles. The molecule has 132 valence electrons. The second kappa shape index (κ2) is 8.53. The lowest BCUT2D eigenvalue weighted by Crippen LogP contribution is -2.30. The fourth-order valence-electron chi connectivity index (χ4n) is 2.14. The van der Waals surface area contributed by atoms with Crippen molar-refractivity contribution >= 4 is 29.2 Å². The van der Waals surface area contributed by atoms with E-state index >= 15 is 0 Å². The van der Waals surface area contributed by atoms with E-state index in [4.69, 9.17) is 21.1 Å². The van der Waals surface area contributed by atoms with Gasteiger partial charge in [-0.25, -0.2) is 4.79 Å². The van der Waals surface area contributed by atoms with E-state index in [1.807, 2.05) is 31.2 Å².